The van der Waals surface area contributed by atoms with E-state index in [0.29, 0.717) is 17.6 Å². The third-order valence-corrected chi connectivity index (χ3v) is 11.6. The molecule has 3 nitrogen and oxygen atoms in total. The van der Waals surface area contributed by atoms with Crippen molar-refractivity contribution in [1.82, 2.24) is 4.90 Å². The van der Waals surface area contributed by atoms with Gasteiger partial charge in [0.05, 0.1) is 0 Å². The van der Waals surface area contributed by atoms with E-state index >= 15 is 0 Å². The number of allylic oxidation sites excluding steroid dienone is 8. The molecule has 3 heteroatoms. The lowest BCUT2D eigenvalue weighted by atomic mass is 9.76. The van der Waals surface area contributed by atoms with Gasteiger partial charge in [-0.1, -0.05) is 152 Å². The zero-order valence-electron chi connectivity index (χ0n) is 33.0. The van der Waals surface area contributed by atoms with Crippen LogP contribution in [0.5, 0.6) is 0 Å². The molecule has 1 saturated carbocycles. The lowest BCUT2D eigenvalue weighted by Crippen LogP contribution is -2.33. The molecule has 282 valence electrons. The molecule has 0 amide bonds. The molecular formula is C46H81NO2. The van der Waals surface area contributed by atoms with Gasteiger partial charge in [-0.3, -0.25) is 0 Å². The van der Waals surface area contributed by atoms with Crippen molar-refractivity contribution in [1.29, 1.82) is 0 Å². The van der Waals surface area contributed by atoms with Crippen molar-refractivity contribution >= 4 is 0 Å². The fraction of sp³-hybridized carbons (Fsp3) is 0.826. The van der Waals surface area contributed by atoms with Gasteiger partial charge >= 0.3 is 0 Å². The quantitative estimate of drug-likeness (QED) is 0.0557. The van der Waals surface area contributed by atoms with Crippen LogP contribution in [0.4, 0.5) is 0 Å². The molecule has 3 aliphatic rings. The Hall–Kier alpha value is -1.16. The van der Waals surface area contributed by atoms with Gasteiger partial charge in [0.15, 0.2) is 5.79 Å². The molecule has 3 rings (SSSR count). The molecule has 0 aromatic rings. The molecule has 3 fully saturated rings. The monoisotopic (exact) mass is 680 g/mol. The summed E-state index contributed by atoms with van der Waals surface area (Å²) in [6, 6.07) is 0. The van der Waals surface area contributed by atoms with Crippen molar-refractivity contribution in [3.05, 3.63) is 48.6 Å². The Kier molecular flexibility index (Phi) is 22.9. The predicted molar refractivity (Wildman–Crippen MR) is 214 cm³/mol. The van der Waals surface area contributed by atoms with Crippen molar-refractivity contribution in [3.8, 4) is 0 Å². The van der Waals surface area contributed by atoms with Crippen LogP contribution in [0.1, 0.15) is 200 Å². The third kappa shape index (κ3) is 18.2. The van der Waals surface area contributed by atoms with Crippen LogP contribution in [0, 0.1) is 5.41 Å². The van der Waals surface area contributed by atoms with Gasteiger partial charge in [0.1, 0.15) is 12.2 Å². The smallest absolute Gasteiger partial charge is 0.169 e. The summed E-state index contributed by atoms with van der Waals surface area (Å²) in [4.78, 5) is 2.37. The summed E-state index contributed by atoms with van der Waals surface area (Å²) >= 11 is 0. The maximum atomic E-state index is 6.74. The Morgan fingerprint density at radius 3 is 1.31 bits per heavy atom. The van der Waals surface area contributed by atoms with Crippen molar-refractivity contribution in [2.24, 2.45) is 5.41 Å². The number of likely N-dealkylation sites (N-methyl/N-ethyl adjacent to an activating group) is 1. The molecule has 0 aromatic heterocycles. The fourth-order valence-corrected chi connectivity index (χ4v) is 8.66. The molecule has 2 unspecified atom stereocenters. The van der Waals surface area contributed by atoms with Crippen LogP contribution in [0.25, 0.3) is 0 Å². The van der Waals surface area contributed by atoms with Gasteiger partial charge in [0.2, 0.25) is 0 Å². The number of hydrogen-bond acceptors (Lipinski definition) is 3. The number of nitrogens with zero attached hydrogens (tertiary/aromatic N) is 1. The molecule has 49 heavy (non-hydrogen) atoms. The molecule has 1 aliphatic carbocycles. The van der Waals surface area contributed by atoms with E-state index in [0.717, 1.165) is 38.8 Å². The SMILES string of the molecule is CCCCCC=CCC=CCCCCCCCCC1(CCCCCCCCC=CCC=CCCCCC)CCC2(C1)OC1CN(C)CC1O2. The first-order valence-corrected chi connectivity index (χ1v) is 21.7. The molecule has 0 N–H and O–H groups in total. The average Bonchev–Trinajstić information content (AvgIpc) is 3.73. The summed E-state index contributed by atoms with van der Waals surface area (Å²) in [6.07, 6.45) is 57.8. The Balaban J connectivity index is 1.26. The van der Waals surface area contributed by atoms with Crippen LogP contribution < -0.4 is 0 Å². The van der Waals surface area contributed by atoms with E-state index in [4.69, 9.17) is 9.47 Å². The Morgan fingerprint density at radius 1 is 0.490 bits per heavy atom. The summed E-state index contributed by atoms with van der Waals surface area (Å²) in [5.41, 5.74) is 0.440. The molecule has 0 radical (unpaired) electrons. The third-order valence-electron chi connectivity index (χ3n) is 11.6. The van der Waals surface area contributed by atoms with Crippen molar-refractivity contribution < 1.29 is 9.47 Å². The van der Waals surface area contributed by atoms with Crippen LogP contribution >= 0.6 is 0 Å². The molecule has 2 aliphatic heterocycles. The molecule has 2 saturated heterocycles. The maximum absolute atomic E-state index is 6.74. The second-order valence-electron chi connectivity index (χ2n) is 16.3. The average molecular weight is 680 g/mol. The summed E-state index contributed by atoms with van der Waals surface area (Å²) in [7, 11) is 2.20. The van der Waals surface area contributed by atoms with Crippen LogP contribution in [0.15, 0.2) is 48.6 Å². The number of hydrogen-bond donors (Lipinski definition) is 0. The summed E-state index contributed by atoms with van der Waals surface area (Å²) in [6.45, 7) is 6.63. The molecule has 2 atom stereocenters. The minimum Gasteiger partial charge on any atom is -0.343 e. The normalized spacial score (nSPS) is 25.9. The molecule has 0 aromatic carbocycles. The van der Waals surface area contributed by atoms with E-state index < -0.39 is 0 Å². The second-order valence-corrected chi connectivity index (χ2v) is 16.3. The van der Waals surface area contributed by atoms with E-state index in [2.05, 4.69) is 74.4 Å². The van der Waals surface area contributed by atoms with Crippen LogP contribution in [-0.4, -0.2) is 43.0 Å². The van der Waals surface area contributed by atoms with Crippen molar-refractivity contribution in [3.63, 3.8) is 0 Å². The first kappa shape index (κ1) is 42.3. The Bertz CT molecular complexity index is 856. The summed E-state index contributed by atoms with van der Waals surface area (Å²) in [5.74, 6) is -0.271. The lowest BCUT2D eigenvalue weighted by Gasteiger charge is -2.32. The maximum Gasteiger partial charge on any atom is 0.169 e. The van der Waals surface area contributed by atoms with Gasteiger partial charge in [-0.05, 0) is 95.9 Å². The zero-order valence-corrected chi connectivity index (χ0v) is 33.0. The van der Waals surface area contributed by atoms with Gasteiger partial charge in [-0.25, -0.2) is 0 Å². The minimum absolute atomic E-state index is 0.271. The van der Waals surface area contributed by atoms with Crippen molar-refractivity contribution in [2.45, 2.75) is 218 Å². The Morgan fingerprint density at radius 2 is 0.878 bits per heavy atom. The van der Waals surface area contributed by atoms with Gasteiger partial charge in [0, 0.05) is 25.9 Å². The van der Waals surface area contributed by atoms with E-state index in [-0.39, 0.29) is 5.79 Å². The van der Waals surface area contributed by atoms with Gasteiger partial charge < -0.3 is 14.4 Å². The highest BCUT2D eigenvalue weighted by atomic mass is 16.8. The summed E-state index contributed by atoms with van der Waals surface area (Å²) in [5, 5.41) is 0. The lowest BCUT2D eigenvalue weighted by molar-refractivity contribution is -0.183. The molecule has 2 heterocycles. The Labute approximate surface area is 305 Å². The molecule has 1 spiro atoms. The number of likely N-dealkylation sites (tertiary alicyclic amines) is 1. The number of unbranched alkanes of at least 4 members (excludes halogenated alkanes) is 18. The van der Waals surface area contributed by atoms with Crippen LogP contribution in [0.3, 0.4) is 0 Å². The standard InChI is InChI=1S/C46H81NO2/c1-4-6-8-10-12-14-16-18-20-22-24-26-28-30-32-34-36-45(38-39-46(42-45)48-43-40-47(3)41-44(43)49-46)37-35-33-31-29-27-25-23-21-19-17-15-13-11-9-7-5-2/h12-15,18-21,43-44H,4-11,16-17,22-42H2,1-3H3. The van der Waals surface area contributed by atoms with Gasteiger partial charge in [0.25, 0.3) is 0 Å². The van der Waals surface area contributed by atoms with E-state index in [9.17, 15) is 0 Å². The van der Waals surface area contributed by atoms with E-state index in [1.807, 2.05) is 0 Å². The minimum atomic E-state index is -0.271. The van der Waals surface area contributed by atoms with E-state index in [1.165, 1.54) is 161 Å². The van der Waals surface area contributed by atoms with Crippen molar-refractivity contribution in [2.75, 3.05) is 20.1 Å². The van der Waals surface area contributed by atoms with Gasteiger partial charge in [-0.15, -0.1) is 0 Å². The first-order valence-electron chi connectivity index (χ1n) is 21.7. The summed E-state index contributed by atoms with van der Waals surface area (Å²) < 4.78 is 13.5. The zero-order chi connectivity index (χ0) is 34.7. The topological polar surface area (TPSA) is 21.7 Å². The number of ether oxygens (including phenoxy) is 2. The van der Waals surface area contributed by atoms with Gasteiger partial charge in [-0.2, -0.15) is 0 Å². The fourth-order valence-electron chi connectivity index (χ4n) is 8.66. The van der Waals surface area contributed by atoms with Crippen LogP contribution in [-0.2, 0) is 9.47 Å². The van der Waals surface area contributed by atoms with E-state index in [1.54, 1.807) is 0 Å². The van der Waals surface area contributed by atoms with Crippen LogP contribution in [0.2, 0.25) is 0 Å². The number of rotatable bonds is 30. The first-order chi connectivity index (χ1) is 24.1. The molecule has 0 bridgehead atoms. The highest BCUT2D eigenvalue weighted by Crippen LogP contribution is 2.56. The largest absolute Gasteiger partial charge is 0.343 e. The number of fused-ring (bicyclic) bond motifs is 1. The highest BCUT2D eigenvalue weighted by molar-refractivity contribution is 5.02. The second kappa shape index (κ2) is 26.6. The predicted octanol–water partition coefficient (Wildman–Crippen LogP) is 14.0. The molecular weight excluding hydrogens is 599 g/mol. The highest BCUT2D eigenvalue weighted by Gasteiger charge is 2.57.